The topological polar surface area (TPSA) is 107 Å². The molecule has 0 aliphatic carbocycles. The highest BCUT2D eigenvalue weighted by atomic mass is 16.6. The summed E-state index contributed by atoms with van der Waals surface area (Å²) in [5, 5.41) is 10.6. The van der Waals surface area contributed by atoms with E-state index in [1.54, 1.807) is 21.0 Å². The van der Waals surface area contributed by atoms with Crippen LogP contribution in [-0.2, 0) is 14.3 Å². The fourth-order valence-electron chi connectivity index (χ4n) is 1.68. The first-order chi connectivity index (χ1) is 10.8. The minimum atomic E-state index is -1.13. The van der Waals surface area contributed by atoms with Crippen LogP contribution >= 0.6 is 0 Å². The minimum Gasteiger partial charge on any atom is -0.460 e. The van der Waals surface area contributed by atoms with Gasteiger partial charge in [-0.25, -0.2) is 4.79 Å². The van der Waals surface area contributed by atoms with Crippen LogP contribution in [0.3, 0.4) is 0 Å². The van der Waals surface area contributed by atoms with Gasteiger partial charge in [-0.2, -0.15) is 0 Å². The minimum absolute atomic E-state index is 0.00550. The Hall–Kier alpha value is -3.03. The molecule has 122 valence electrons. The van der Waals surface area contributed by atoms with Gasteiger partial charge < -0.3 is 9.64 Å². The number of Topliss-reactive ketones (excluding diaryl/α,β-unsaturated/α-hetero) is 2. The smallest absolute Gasteiger partial charge is 0.379 e. The van der Waals surface area contributed by atoms with Crippen LogP contribution in [0, 0.1) is 10.1 Å². The zero-order valence-electron chi connectivity index (χ0n) is 12.9. The Labute approximate surface area is 132 Å². The number of ketones is 2. The fourth-order valence-corrected chi connectivity index (χ4v) is 1.68. The Balaban J connectivity index is 3.17. The van der Waals surface area contributed by atoms with Gasteiger partial charge in [-0.3, -0.25) is 19.7 Å². The second kappa shape index (κ2) is 7.83. The fraction of sp³-hybridized carbons (Fsp3) is 0.267. The number of carbonyl (C=O) groups excluding carboxylic acids is 3. The number of carbonyl (C=O) groups is 3. The Morgan fingerprint density at radius 1 is 1.22 bits per heavy atom. The van der Waals surface area contributed by atoms with Gasteiger partial charge >= 0.3 is 5.97 Å². The second-order valence-corrected chi connectivity index (χ2v) is 4.69. The monoisotopic (exact) mass is 320 g/mol. The highest BCUT2D eigenvalue weighted by molar-refractivity contribution is 6.48. The molecule has 8 nitrogen and oxygen atoms in total. The molecule has 0 saturated carbocycles. The molecular weight excluding hydrogens is 304 g/mol. The van der Waals surface area contributed by atoms with Crippen molar-refractivity contribution in [1.82, 2.24) is 4.90 Å². The number of rotatable bonds is 7. The number of nitro benzene ring substituents is 1. The van der Waals surface area contributed by atoms with E-state index in [4.69, 9.17) is 0 Å². The van der Waals surface area contributed by atoms with Crippen molar-refractivity contribution in [3.05, 3.63) is 51.7 Å². The van der Waals surface area contributed by atoms with Gasteiger partial charge in [-0.15, -0.1) is 0 Å². The number of nitrogens with zero attached hydrogens (tertiary/aromatic N) is 2. The van der Waals surface area contributed by atoms with Crippen molar-refractivity contribution in [2.24, 2.45) is 0 Å². The molecule has 0 spiro atoms. The zero-order valence-corrected chi connectivity index (χ0v) is 12.9. The molecule has 0 N–H and O–H groups in total. The van der Waals surface area contributed by atoms with E-state index in [1.807, 2.05) is 0 Å². The third-order valence-corrected chi connectivity index (χ3v) is 2.68. The molecule has 0 aliphatic heterocycles. The van der Waals surface area contributed by atoms with Crippen LogP contribution in [-0.4, -0.2) is 48.1 Å². The lowest BCUT2D eigenvalue weighted by molar-refractivity contribution is -0.384. The van der Waals surface area contributed by atoms with Crippen molar-refractivity contribution >= 4 is 23.2 Å². The number of benzene rings is 1. The summed E-state index contributed by atoms with van der Waals surface area (Å²) >= 11 is 0. The van der Waals surface area contributed by atoms with Gasteiger partial charge in [-0.05, 0) is 19.1 Å². The summed E-state index contributed by atoms with van der Waals surface area (Å²) in [4.78, 5) is 47.5. The van der Waals surface area contributed by atoms with Crippen molar-refractivity contribution in [2.45, 2.75) is 6.92 Å². The van der Waals surface area contributed by atoms with Gasteiger partial charge in [0.05, 0.1) is 17.1 Å². The number of hydrogen-bond acceptors (Lipinski definition) is 7. The van der Waals surface area contributed by atoms with Gasteiger partial charge in [0.15, 0.2) is 5.78 Å². The van der Waals surface area contributed by atoms with Crippen molar-refractivity contribution in [2.75, 3.05) is 20.7 Å². The first-order valence-corrected chi connectivity index (χ1v) is 6.66. The standard InChI is InChI=1S/C15H16N2O6/c1-4-23-15(20)14(19)12(9-16(2)3)13(18)10-5-7-11(8-6-10)17(21)22/h5-9H,4H2,1-3H3/b12-9-. The SMILES string of the molecule is CCOC(=O)C(=O)/C(=C\N(C)C)C(=O)c1ccc([N+](=O)[O-])cc1. The molecule has 0 amide bonds. The molecule has 0 heterocycles. The summed E-state index contributed by atoms with van der Waals surface area (Å²) < 4.78 is 4.61. The summed E-state index contributed by atoms with van der Waals surface area (Å²) in [5.74, 6) is -2.91. The number of nitro groups is 1. The van der Waals surface area contributed by atoms with Crippen LogP contribution in [0.2, 0.25) is 0 Å². The van der Waals surface area contributed by atoms with E-state index in [-0.39, 0.29) is 23.4 Å². The largest absolute Gasteiger partial charge is 0.460 e. The van der Waals surface area contributed by atoms with Crippen LogP contribution in [0.25, 0.3) is 0 Å². The van der Waals surface area contributed by atoms with Crippen LogP contribution in [0.5, 0.6) is 0 Å². The molecule has 1 aromatic carbocycles. The average Bonchev–Trinajstić information content (AvgIpc) is 2.51. The van der Waals surface area contributed by atoms with Gasteiger partial charge in [0.25, 0.3) is 11.5 Å². The third kappa shape index (κ3) is 4.73. The predicted molar refractivity (Wildman–Crippen MR) is 80.8 cm³/mol. The first-order valence-electron chi connectivity index (χ1n) is 6.66. The maximum Gasteiger partial charge on any atom is 0.379 e. The van der Waals surface area contributed by atoms with Crippen molar-refractivity contribution < 1.29 is 24.0 Å². The molecule has 0 fully saturated rings. The highest BCUT2D eigenvalue weighted by Gasteiger charge is 2.27. The predicted octanol–water partition coefficient (Wildman–Crippen LogP) is 1.36. The van der Waals surface area contributed by atoms with Crippen LogP contribution in [0.4, 0.5) is 5.69 Å². The van der Waals surface area contributed by atoms with E-state index in [2.05, 4.69) is 4.74 Å². The first kappa shape index (κ1) is 18.0. The Bertz CT molecular complexity index is 661. The van der Waals surface area contributed by atoms with Crippen LogP contribution in [0.1, 0.15) is 17.3 Å². The van der Waals surface area contributed by atoms with Crippen LogP contribution in [0.15, 0.2) is 36.0 Å². The summed E-state index contributed by atoms with van der Waals surface area (Å²) in [5.41, 5.74) is -0.500. The van der Waals surface area contributed by atoms with Gasteiger partial charge in [0.2, 0.25) is 0 Å². The van der Waals surface area contributed by atoms with E-state index in [0.717, 1.165) is 12.1 Å². The molecular formula is C15H16N2O6. The molecule has 23 heavy (non-hydrogen) atoms. The maximum absolute atomic E-state index is 12.4. The average molecular weight is 320 g/mol. The molecule has 0 aromatic heterocycles. The van der Waals surface area contributed by atoms with E-state index in [0.29, 0.717) is 0 Å². The van der Waals surface area contributed by atoms with E-state index >= 15 is 0 Å². The van der Waals surface area contributed by atoms with E-state index < -0.39 is 22.5 Å². The second-order valence-electron chi connectivity index (χ2n) is 4.69. The summed E-state index contributed by atoms with van der Waals surface area (Å²) in [6, 6.07) is 4.75. The van der Waals surface area contributed by atoms with Crippen molar-refractivity contribution in [3.63, 3.8) is 0 Å². The molecule has 0 radical (unpaired) electrons. The maximum atomic E-state index is 12.4. The lowest BCUT2D eigenvalue weighted by atomic mass is 10.0. The van der Waals surface area contributed by atoms with E-state index in [9.17, 15) is 24.5 Å². The quantitative estimate of drug-likeness (QED) is 0.109. The highest BCUT2D eigenvalue weighted by Crippen LogP contribution is 2.16. The molecule has 0 aliphatic rings. The number of non-ortho nitro benzene ring substituents is 1. The van der Waals surface area contributed by atoms with Gasteiger partial charge in [0, 0.05) is 38.0 Å². The molecule has 0 unspecified atom stereocenters. The Kier molecular flexibility index (Phi) is 6.13. The lowest BCUT2D eigenvalue weighted by Gasteiger charge is -2.10. The van der Waals surface area contributed by atoms with Crippen LogP contribution < -0.4 is 0 Å². The number of hydrogen-bond donors (Lipinski definition) is 0. The zero-order chi connectivity index (χ0) is 17.6. The van der Waals surface area contributed by atoms with Crippen molar-refractivity contribution in [1.29, 1.82) is 0 Å². The summed E-state index contributed by atoms with van der Waals surface area (Å²) in [6.45, 7) is 1.55. The lowest BCUT2D eigenvalue weighted by Crippen LogP contribution is -2.25. The number of ether oxygens (including phenoxy) is 1. The molecule has 0 bridgehead atoms. The normalized spacial score (nSPS) is 10.8. The third-order valence-electron chi connectivity index (χ3n) is 2.68. The van der Waals surface area contributed by atoms with Crippen molar-refractivity contribution in [3.8, 4) is 0 Å². The summed E-state index contributed by atoms with van der Waals surface area (Å²) in [7, 11) is 3.17. The number of esters is 1. The Morgan fingerprint density at radius 2 is 1.78 bits per heavy atom. The van der Waals surface area contributed by atoms with Gasteiger partial charge in [-0.1, -0.05) is 0 Å². The Morgan fingerprint density at radius 3 is 2.22 bits per heavy atom. The molecule has 8 heteroatoms. The van der Waals surface area contributed by atoms with Gasteiger partial charge in [0.1, 0.15) is 0 Å². The molecule has 0 atom stereocenters. The summed E-state index contributed by atoms with van der Waals surface area (Å²) in [6.07, 6.45) is 1.21. The molecule has 1 aromatic rings. The molecule has 0 saturated heterocycles. The van der Waals surface area contributed by atoms with E-state index in [1.165, 1.54) is 23.2 Å². The molecule has 1 rings (SSSR count).